The van der Waals surface area contributed by atoms with Gasteiger partial charge in [-0.3, -0.25) is 0 Å². The molecule has 0 aromatic heterocycles. The summed E-state index contributed by atoms with van der Waals surface area (Å²) in [6.07, 6.45) is -0.426. The van der Waals surface area contributed by atoms with E-state index in [1.54, 1.807) is 6.92 Å². The van der Waals surface area contributed by atoms with Gasteiger partial charge in [-0.1, -0.05) is 22.0 Å². The summed E-state index contributed by atoms with van der Waals surface area (Å²) < 4.78 is 0.974. The Labute approximate surface area is 100 Å². The Morgan fingerprint density at radius 3 is 2.33 bits per heavy atom. The van der Waals surface area contributed by atoms with Crippen LogP contribution in [0.15, 0.2) is 22.7 Å². The monoisotopic (exact) mass is 271 g/mol. The smallest absolute Gasteiger partial charge is 0.0772 e. The van der Waals surface area contributed by atoms with Crippen LogP contribution in [0.2, 0.25) is 0 Å². The summed E-state index contributed by atoms with van der Waals surface area (Å²) in [4.78, 5) is 2.27. The van der Waals surface area contributed by atoms with E-state index in [0.717, 1.165) is 23.1 Å². The molecule has 1 aromatic rings. The van der Waals surface area contributed by atoms with Crippen molar-refractivity contribution in [3.05, 3.63) is 28.2 Å². The highest BCUT2D eigenvalue weighted by Crippen LogP contribution is 2.28. The number of rotatable bonds is 4. The topological polar surface area (TPSA) is 23.5 Å². The van der Waals surface area contributed by atoms with E-state index in [0.29, 0.717) is 0 Å². The van der Waals surface area contributed by atoms with E-state index < -0.39 is 6.10 Å². The highest BCUT2D eigenvalue weighted by atomic mass is 79.9. The van der Waals surface area contributed by atoms with Crippen LogP contribution in [0.5, 0.6) is 0 Å². The maximum absolute atomic E-state index is 9.50. The van der Waals surface area contributed by atoms with E-state index in [4.69, 9.17) is 0 Å². The molecule has 1 atom stereocenters. The first kappa shape index (κ1) is 12.5. The largest absolute Gasteiger partial charge is 0.389 e. The normalized spacial score (nSPS) is 12.6. The number of aliphatic hydroxyl groups excluding tert-OH is 1. The first-order chi connectivity index (χ1) is 7.10. The summed E-state index contributed by atoms with van der Waals surface area (Å²) in [6.45, 7) is 8.05. The molecule has 15 heavy (non-hydrogen) atoms. The Balaban J connectivity index is 3.00. The van der Waals surface area contributed by atoms with Crippen molar-refractivity contribution in [1.82, 2.24) is 0 Å². The third kappa shape index (κ3) is 2.95. The van der Waals surface area contributed by atoms with Gasteiger partial charge in [-0.15, -0.1) is 0 Å². The lowest BCUT2D eigenvalue weighted by Gasteiger charge is -2.22. The van der Waals surface area contributed by atoms with Crippen molar-refractivity contribution in [2.45, 2.75) is 26.9 Å². The van der Waals surface area contributed by atoms with Gasteiger partial charge in [0.05, 0.1) is 6.10 Å². The maximum Gasteiger partial charge on any atom is 0.0772 e. The third-order valence-electron chi connectivity index (χ3n) is 2.56. The van der Waals surface area contributed by atoms with E-state index in [1.165, 1.54) is 5.69 Å². The molecule has 0 saturated carbocycles. The average Bonchev–Trinajstić information content (AvgIpc) is 2.19. The Bertz CT molecular complexity index is 321. The predicted octanol–water partition coefficient (Wildman–Crippen LogP) is 3.35. The van der Waals surface area contributed by atoms with E-state index in [1.807, 2.05) is 6.07 Å². The molecule has 0 unspecified atom stereocenters. The highest BCUT2D eigenvalue weighted by molar-refractivity contribution is 9.10. The minimum absolute atomic E-state index is 0.426. The van der Waals surface area contributed by atoms with Gasteiger partial charge in [0.2, 0.25) is 0 Å². The van der Waals surface area contributed by atoms with Crippen LogP contribution in [0, 0.1) is 0 Å². The zero-order valence-corrected chi connectivity index (χ0v) is 11.1. The summed E-state index contributed by atoms with van der Waals surface area (Å²) in [5.41, 5.74) is 2.13. The number of benzene rings is 1. The van der Waals surface area contributed by atoms with Gasteiger partial charge in [0.25, 0.3) is 0 Å². The lowest BCUT2D eigenvalue weighted by molar-refractivity contribution is 0.198. The molecular formula is C12H18BrNO. The van der Waals surface area contributed by atoms with Crippen LogP contribution in [0.25, 0.3) is 0 Å². The highest BCUT2D eigenvalue weighted by Gasteiger charge is 2.08. The zero-order valence-electron chi connectivity index (χ0n) is 9.50. The molecule has 2 nitrogen and oxygen atoms in total. The molecule has 0 aliphatic rings. The van der Waals surface area contributed by atoms with Gasteiger partial charge in [-0.25, -0.2) is 0 Å². The van der Waals surface area contributed by atoms with Crippen molar-refractivity contribution in [2.75, 3.05) is 18.0 Å². The average molecular weight is 272 g/mol. The van der Waals surface area contributed by atoms with Gasteiger partial charge in [-0.2, -0.15) is 0 Å². The second-order valence-electron chi connectivity index (χ2n) is 3.55. The molecule has 0 aliphatic carbocycles. The molecular weight excluding hydrogens is 254 g/mol. The minimum Gasteiger partial charge on any atom is -0.389 e. The molecule has 0 fully saturated rings. The molecule has 0 aliphatic heterocycles. The van der Waals surface area contributed by atoms with Crippen molar-refractivity contribution in [3.8, 4) is 0 Å². The van der Waals surface area contributed by atoms with Gasteiger partial charge in [-0.05, 0) is 38.5 Å². The number of halogens is 1. The van der Waals surface area contributed by atoms with Crippen LogP contribution in [-0.2, 0) is 0 Å². The number of nitrogens with zero attached hydrogens (tertiary/aromatic N) is 1. The molecule has 0 saturated heterocycles. The maximum atomic E-state index is 9.50. The van der Waals surface area contributed by atoms with Crippen LogP contribution in [0.4, 0.5) is 5.69 Å². The van der Waals surface area contributed by atoms with Crippen molar-refractivity contribution in [2.24, 2.45) is 0 Å². The van der Waals surface area contributed by atoms with Crippen LogP contribution >= 0.6 is 15.9 Å². The van der Waals surface area contributed by atoms with Crippen molar-refractivity contribution in [1.29, 1.82) is 0 Å². The quantitative estimate of drug-likeness (QED) is 0.908. The first-order valence-corrected chi connectivity index (χ1v) is 6.11. The summed E-state index contributed by atoms with van der Waals surface area (Å²) in [5, 5.41) is 9.50. The fourth-order valence-corrected chi connectivity index (χ4v) is 2.34. The number of aliphatic hydroxyl groups is 1. The van der Waals surface area contributed by atoms with E-state index in [-0.39, 0.29) is 0 Å². The standard InChI is InChI=1S/C12H18BrNO/c1-4-14(5-2)10-6-7-11(9(3)15)12(13)8-10/h6-9,15H,4-5H2,1-3H3/t9-/m1/s1. The molecule has 0 bridgehead atoms. The lowest BCUT2D eigenvalue weighted by atomic mass is 10.1. The molecule has 1 N–H and O–H groups in total. The molecule has 1 aromatic carbocycles. The molecule has 3 heteroatoms. The Hall–Kier alpha value is -0.540. The number of anilines is 1. The number of hydrogen-bond donors (Lipinski definition) is 1. The second-order valence-corrected chi connectivity index (χ2v) is 4.41. The van der Waals surface area contributed by atoms with Crippen molar-refractivity contribution < 1.29 is 5.11 Å². The van der Waals surface area contributed by atoms with E-state index >= 15 is 0 Å². The van der Waals surface area contributed by atoms with Gasteiger partial charge < -0.3 is 10.0 Å². The van der Waals surface area contributed by atoms with E-state index in [9.17, 15) is 5.11 Å². The van der Waals surface area contributed by atoms with Crippen LogP contribution in [0.3, 0.4) is 0 Å². The molecule has 0 amide bonds. The summed E-state index contributed by atoms with van der Waals surface area (Å²) in [6, 6.07) is 6.09. The second kappa shape index (κ2) is 5.52. The molecule has 0 heterocycles. The summed E-state index contributed by atoms with van der Waals surface area (Å²) in [5.74, 6) is 0. The zero-order chi connectivity index (χ0) is 11.4. The van der Waals surface area contributed by atoms with Crippen LogP contribution < -0.4 is 4.90 Å². The van der Waals surface area contributed by atoms with Gasteiger partial charge in [0.1, 0.15) is 0 Å². The van der Waals surface area contributed by atoms with Gasteiger partial charge in [0, 0.05) is 23.2 Å². The van der Waals surface area contributed by atoms with Crippen LogP contribution in [-0.4, -0.2) is 18.2 Å². The van der Waals surface area contributed by atoms with Crippen molar-refractivity contribution >= 4 is 21.6 Å². The third-order valence-corrected chi connectivity index (χ3v) is 3.25. The first-order valence-electron chi connectivity index (χ1n) is 5.32. The van der Waals surface area contributed by atoms with Crippen molar-refractivity contribution in [3.63, 3.8) is 0 Å². The van der Waals surface area contributed by atoms with Gasteiger partial charge >= 0.3 is 0 Å². The molecule has 84 valence electrons. The van der Waals surface area contributed by atoms with E-state index in [2.05, 4.69) is 46.8 Å². The molecule has 0 radical (unpaired) electrons. The lowest BCUT2D eigenvalue weighted by Crippen LogP contribution is -2.21. The van der Waals surface area contributed by atoms with Gasteiger partial charge in [0.15, 0.2) is 0 Å². The summed E-state index contributed by atoms with van der Waals surface area (Å²) >= 11 is 3.49. The van der Waals surface area contributed by atoms with Crippen LogP contribution in [0.1, 0.15) is 32.4 Å². The fraction of sp³-hybridized carbons (Fsp3) is 0.500. The fourth-order valence-electron chi connectivity index (χ4n) is 1.64. The Morgan fingerprint density at radius 1 is 1.33 bits per heavy atom. The molecule has 0 spiro atoms. The molecule has 1 rings (SSSR count). The summed E-state index contributed by atoms with van der Waals surface area (Å²) in [7, 11) is 0. The number of hydrogen-bond acceptors (Lipinski definition) is 2. The minimum atomic E-state index is -0.426. The Kier molecular flexibility index (Phi) is 4.61. The SMILES string of the molecule is CCN(CC)c1ccc([C@@H](C)O)c(Br)c1. The Morgan fingerprint density at radius 2 is 1.93 bits per heavy atom. The predicted molar refractivity (Wildman–Crippen MR) is 68.3 cm³/mol.